The lowest BCUT2D eigenvalue weighted by molar-refractivity contribution is -0.385. The van der Waals surface area contributed by atoms with Crippen molar-refractivity contribution in [3.63, 3.8) is 0 Å². The normalized spacial score (nSPS) is 22.1. The van der Waals surface area contributed by atoms with Gasteiger partial charge in [0.15, 0.2) is 11.5 Å². The molecule has 3 unspecified atom stereocenters. The summed E-state index contributed by atoms with van der Waals surface area (Å²) in [6.45, 7) is 3.36. The van der Waals surface area contributed by atoms with Crippen molar-refractivity contribution in [3.8, 4) is 17.2 Å². The Morgan fingerprint density at radius 2 is 2.12 bits per heavy atom. The number of nitro benzene ring substituents is 1. The molecule has 0 spiro atoms. The van der Waals surface area contributed by atoms with Crippen molar-refractivity contribution < 1.29 is 28.7 Å². The number of hydrogen-bond donors (Lipinski definition) is 0. The van der Waals surface area contributed by atoms with Crippen LogP contribution in [0.3, 0.4) is 0 Å². The number of halogens is 1. The number of benzene rings is 2. The van der Waals surface area contributed by atoms with Crippen LogP contribution in [-0.2, 0) is 9.53 Å². The smallest absolute Gasteiger partial charge is 0.273 e. The summed E-state index contributed by atoms with van der Waals surface area (Å²) in [5.41, 5.74) is 0.607. The van der Waals surface area contributed by atoms with Crippen molar-refractivity contribution >= 4 is 23.2 Å². The zero-order chi connectivity index (χ0) is 23.5. The first-order valence-corrected chi connectivity index (χ1v) is 11.1. The molecule has 0 aromatic heterocycles. The Balaban J connectivity index is 1.67. The molecule has 10 heteroatoms. The minimum atomic E-state index is -0.868. The number of ether oxygens (including phenoxy) is 4. The average Bonchev–Trinajstić information content (AvgIpc) is 3.31. The van der Waals surface area contributed by atoms with Crippen LogP contribution in [0.5, 0.6) is 17.2 Å². The van der Waals surface area contributed by atoms with Crippen LogP contribution in [0.2, 0.25) is 5.02 Å². The van der Waals surface area contributed by atoms with Crippen molar-refractivity contribution in [1.82, 2.24) is 4.90 Å². The first kappa shape index (κ1) is 23.1. The lowest BCUT2D eigenvalue weighted by Crippen LogP contribution is -2.62. The van der Waals surface area contributed by atoms with Gasteiger partial charge in [-0.15, -0.1) is 0 Å². The predicted octanol–water partition coefficient (Wildman–Crippen LogP) is 4.17. The van der Waals surface area contributed by atoms with Gasteiger partial charge in [-0.1, -0.05) is 17.7 Å². The summed E-state index contributed by atoms with van der Waals surface area (Å²) in [6, 6.07) is 8.83. The lowest BCUT2D eigenvalue weighted by atomic mass is 9.89. The molecule has 0 radical (unpaired) electrons. The Bertz CT molecular complexity index is 1040. The largest absolute Gasteiger partial charge is 0.491 e. The number of carbonyl (C=O) groups excluding carboxylic acids is 1. The molecule has 0 bridgehead atoms. The highest BCUT2D eigenvalue weighted by molar-refractivity contribution is 6.32. The quantitative estimate of drug-likeness (QED) is 0.304. The molecule has 4 rings (SSSR count). The molecular weight excluding hydrogens is 452 g/mol. The molecule has 2 aliphatic rings. The third-order valence-corrected chi connectivity index (χ3v) is 6.02. The lowest BCUT2D eigenvalue weighted by Gasteiger charge is -2.47. The molecule has 2 fully saturated rings. The van der Waals surface area contributed by atoms with E-state index in [9.17, 15) is 14.9 Å². The molecule has 2 saturated heterocycles. The highest BCUT2D eigenvalue weighted by Crippen LogP contribution is 2.44. The van der Waals surface area contributed by atoms with E-state index in [-0.39, 0.29) is 23.4 Å². The number of nitro groups is 1. The molecule has 2 aromatic carbocycles. The van der Waals surface area contributed by atoms with Crippen molar-refractivity contribution in [1.29, 1.82) is 0 Å². The molecule has 33 heavy (non-hydrogen) atoms. The number of hydrogen-bond acceptors (Lipinski definition) is 7. The molecular formula is C23H25ClN2O7. The third kappa shape index (κ3) is 4.69. The van der Waals surface area contributed by atoms with Gasteiger partial charge in [-0.3, -0.25) is 14.9 Å². The van der Waals surface area contributed by atoms with Gasteiger partial charge in [-0.05, 0) is 43.5 Å². The average molecular weight is 477 g/mol. The summed E-state index contributed by atoms with van der Waals surface area (Å²) in [4.78, 5) is 25.4. The summed E-state index contributed by atoms with van der Waals surface area (Å²) in [5.74, 6) is 0.906. The predicted molar refractivity (Wildman–Crippen MR) is 120 cm³/mol. The van der Waals surface area contributed by atoms with Gasteiger partial charge in [0, 0.05) is 19.2 Å². The van der Waals surface area contributed by atoms with Crippen molar-refractivity contribution in [2.75, 3.05) is 26.9 Å². The van der Waals surface area contributed by atoms with Gasteiger partial charge in [-0.2, -0.15) is 0 Å². The van der Waals surface area contributed by atoms with E-state index in [2.05, 4.69) is 0 Å². The number of nitrogens with zero attached hydrogens (tertiary/aromatic N) is 2. The fourth-order valence-corrected chi connectivity index (χ4v) is 4.53. The van der Waals surface area contributed by atoms with Crippen molar-refractivity contribution in [2.45, 2.75) is 38.0 Å². The van der Waals surface area contributed by atoms with E-state index in [4.69, 9.17) is 30.5 Å². The molecule has 2 aliphatic heterocycles. The van der Waals surface area contributed by atoms with E-state index in [0.29, 0.717) is 36.3 Å². The molecule has 1 amide bonds. The van der Waals surface area contributed by atoms with Crippen LogP contribution in [0, 0.1) is 10.1 Å². The van der Waals surface area contributed by atoms with Gasteiger partial charge >= 0.3 is 0 Å². The monoisotopic (exact) mass is 476 g/mol. The molecule has 9 nitrogen and oxygen atoms in total. The van der Waals surface area contributed by atoms with Crippen LogP contribution in [0.25, 0.3) is 0 Å². The summed E-state index contributed by atoms with van der Waals surface area (Å²) in [7, 11) is 1.51. The Morgan fingerprint density at radius 1 is 1.30 bits per heavy atom. The maximum absolute atomic E-state index is 13.1. The molecule has 176 valence electrons. The highest BCUT2D eigenvalue weighted by Gasteiger charge is 2.51. The van der Waals surface area contributed by atoms with E-state index in [1.54, 1.807) is 23.1 Å². The Morgan fingerprint density at radius 3 is 2.79 bits per heavy atom. The summed E-state index contributed by atoms with van der Waals surface area (Å²) in [5, 5.41) is 11.5. The second-order valence-electron chi connectivity index (χ2n) is 7.83. The van der Waals surface area contributed by atoms with Crippen LogP contribution >= 0.6 is 11.6 Å². The highest BCUT2D eigenvalue weighted by atomic mass is 35.5. The number of likely N-dealkylation sites (tertiary alicyclic amines) is 1. The number of methoxy groups -OCH3 is 1. The second-order valence-corrected chi connectivity index (χ2v) is 8.24. The van der Waals surface area contributed by atoms with E-state index in [0.717, 1.165) is 18.4 Å². The fraction of sp³-hybridized carbons (Fsp3) is 0.435. The van der Waals surface area contributed by atoms with Crippen LogP contribution in [0.15, 0.2) is 36.4 Å². The van der Waals surface area contributed by atoms with Gasteiger partial charge < -0.3 is 23.8 Å². The first-order chi connectivity index (χ1) is 15.9. The minimum Gasteiger partial charge on any atom is -0.491 e. The summed E-state index contributed by atoms with van der Waals surface area (Å²) < 4.78 is 22.8. The maximum Gasteiger partial charge on any atom is 0.273 e. The topological polar surface area (TPSA) is 100 Å². The molecule has 0 aliphatic carbocycles. The number of β-lactam (4-membered cyclic amide) rings is 1. The first-order valence-electron chi connectivity index (χ1n) is 10.8. The van der Waals surface area contributed by atoms with Crippen LogP contribution in [0.1, 0.15) is 31.4 Å². The Labute approximate surface area is 196 Å². The van der Waals surface area contributed by atoms with Gasteiger partial charge in [0.25, 0.3) is 11.6 Å². The van der Waals surface area contributed by atoms with E-state index < -0.39 is 17.1 Å². The van der Waals surface area contributed by atoms with Crippen molar-refractivity contribution in [3.05, 3.63) is 57.1 Å². The SMILES string of the molecule is CCOc1cc(C2C(Oc3cccc([N+](=O)[O-])c3)C(=O)N2CC2CCCO2)cc(Cl)c1OC. The van der Waals surface area contributed by atoms with E-state index in [1.807, 2.05) is 6.92 Å². The zero-order valence-corrected chi connectivity index (χ0v) is 19.1. The van der Waals surface area contributed by atoms with Gasteiger partial charge in [0.2, 0.25) is 6.10 Å². The fourth-order valence-electron chi connectivity index (χ4n) is 4.23. The molecule has 3 atom stereocenters. The molecule has 0 saturated carbocycles. The Kier molecular flexibility index (Phi) is 6.90. The van der Waals surface area contributed by atoms with Gasteiger partial charge in [0.05, 0.1) is 35.8 Å². The zero-order valence-electron chi connectivity index (χ0n) is 18.4. The Hall–Kier alpha value is -3.04. The summed E-state index contributed by atoms with van der Waals surface area (Å²) in [6.07, 6.45) is 0.913. The number of carbonyl (C=O) groups is 1. The summed E-state index contributed by atoms with van der Waals surface area (Å²) >= 11 is 6.46. The number of rotatable bonds is 9. The molecule has 0 N–H and O–H groups in total. The van der Waals surface area contributed by atoms with Crippen LogP contribution in [-0.4, -0.2) is 54.8 Å². The van der Waals surface area contributed by atoms with Crippen LogP contribution < -0.4 is 14.2 Å². The second kappa shape index (κ2) is 9.84. The third-order valence-electron chi connectivity index (χ3n) is 5.74. The number of non-ortho nitro benzene ring substituents is 1. The molecule has 2 heterocycles. The van der Waals surface area contributed by atoms with Gasteiger partial charge in [-0.25, -0.2) is 0 Å². The van der Waals surface area contributed by atoms with E-state index >= 15 is 0 Å². The van der Waals surface area contributed by atoms with Gasteiger partial charge in [0.1, 0.15) is 11.8 Å². The number of amides is 1. The maximum atomic E-state index is 13.1. The minimum absolute atomic E-state index is 0.0460. The van der Waals surface area contributed by atoms with E-state index in [1.165, 1.54) is 25.3 Å². The molecule has 2 aromatic rings. The van der Waals surface area contributed by atoms with Crippen molar-refractivity contribution in [2.24, 2.45) is 0 Å². The van der Waals surface area contributed by atoms with Crippen LogP contribution in [0.4, 0.5) is 5.69 Å². The standard InChI is InChI=1S/C23H25ClN2O7/c1-3-31-19-11-14(10-18(24)21(19)30-2)20-22(23(27)25(20)13-17-8-5-9-32-17)33-16-7-4-6-15(12-16)26(28)29/h4,6-7,10-12,17,20,22H,3,5,8-9,13H2,1-2H3.